The Bertz CT molecular complexity index is 982. The quantitative estimate of drug-likeness (QED) is 0.497. The van der Waals surface area contributed by atoms with Gasteiger partial charge in [-0.25, -0.2) is 5.01 Å². The number of carbonyl (C=O) groups is 2. The highest BCUT2D eigenvalue weighted by atomic mass is 16.5. The Labute approximate surface area is 182 Å². The average molecular weight is 418 g/mol. The Morgan fingerprint density at radius 1 is 1.10 bits per heavy atom. The number of allylic oxidation sites excluding steroid dienone is 2. The van der Waals surface area contributed by atoms with Gasteiger partial charge in [0.25, 0.3) is 5.91 Å². The number of amides is 1. The van der Waals surface area contributed by atoms with Crippen LogP contribution in [0.25, 0.3) is 0 Å². The zero-order valence-corrected chi connectivity index (χ0v) is 17.6. The van der Waals surface area contributed by atoms with Gasteiger partial charge in [0, 0.05) is 6.42 Å². The predicted molar refractivity (Wildman–Crippen MR) is 118 cm³/mol. The van der Waals surface area contributed by atoms with Crippen LogP contribution >= 0.6 is 0 Å². The average Bonchev–Trinajstić information content (AvgIpc) is 3.48. The fourth-order valence-electron chi connectivity index (χ4n) is 3.98. The molecular formula is C25H26N2O4. The largest absolute Gasteiger partial charge is 0.497 e. The lowest BCUT2D eigenvalue weighted by atomic mass is 9.98. The minimum Gasteiger partial charge on any atom is -0.497 e. The lowest BCUT2D eigenvalue weighted by molar-refractivity contribution is -0.153. The number of ether oxygens (including phenoxy) is 2. The van der Waals surface area contributed by atoms with E-state index in [0.29, 0.717) is 12.8 Å². The van der Waals surface area contributed by atoms with Crippen molar-refractivity contribution < 1.29 is 19.1 Å². The van der Waals surface area contributed by atoms with Gasteiger partial charge in [-0.15, -0.1) is 0 Å². The van der Waals surface area contributed by atoms with Gasteiger partial charge >= 0.3 is 5.97 Å². The van der Waals surface area contributed by atoms with Crippen LogP contribution in [0.5, 0.6) is 5.75 Å². The third kappa shape index (κ3) is 5.02. The summed E-state index contributed by atoms with van der Waals surface area (Å²) < 4.78 is 10.5. The monoisotopic (exact) mass is 418 g/mol. The van der Waals surface area contributed by atoms with E-state index in [1.807, 2.05) is 60.7 Å². The van der Waals surface area contributed by atoms with Crippen molar-refractivity contribution in [3.8, 4) is 5.75 Å². The minimum atomic E-state index is -0.350. The van der Waals surface area contributed by atoms with Crippen LogP contribution in [0, 0.1) is 5.92 Å². The highest BCUT2D eigenvalue weighted by molar-refractivity contribution is 6.03. The highest BCUT2D eigenvalue weighted by Gasteiger charge is 2.33. The van der Waals surface area contributed by atoms with Crippen molar-refractivity contribution in [1.82, 2.24) is 5.01 Å². The number of methoxy groups -OCH3 is 1. The summed E-state index contributed by atoms with van der Waals surface area (Å²) in [5.74, 6) is 0.280. The summed E-state index contributed by atoms with van der Waals surface area (Å²) in [6.07, 6.45) is 6.96. The second kappa shape index (κ2) is 9.60. The van der Waals surface area contributed by atoms with E-state index in [1.54, 1.807) is 7.11 Å². The van der Waals surface area contributed by atoms with E-state index in [2.05, 4.69) is 11.2 Å². The van der Waals surface area contributed by atoms with E-state index in [0.717, 1.165) is 35.4 Å². The maximum absolute atomic E-state index is 13.0. The Kier molecular flexibility index (Phi) is 6.46. The van der Waals surface area contributed by atoms with Crippen molar-refractivity contribution >= 4 is 17.6 Å². The van der Waals surface area contributed by atoms with E-state index in [9.17, 15) is 9.59 Å². The zero-order valence-electron chi connectivity index (χ0n) is 17.6. The third-order valence-corrected chi connectivity index (χ3v) is 5.67. The van der Waals surface area contributed by atoms with Gasteiger partial charge in [-0.3, -0.25) is 9.59 Å². The molecule has 6 heteroatoms. The highest BCUT2D eigenvalue weighted by Crippen LogP contribution is 2.33. The topological polar surface area (TPSA) is 68.2 Å². The summed E-state index contributed by atoms with van der Waals surface area (Å²) in [7, 11) is 1.62. The van der Waals surface area contributed by atoms with E-state index in [1.165, 1.54) is 5.01 Å². The van der Waals surface area contributed by atoms with Crippen LogP contribution in [0.2, 0.25) is 0 Å². The molecule has 0 saturated heterocycles. The van der Waals surface area contributed by atoms with Gasteiger partial charge in [-0.05, 0) is 42.0 Å². The van der Waals surface area contributed by atoms with Crippen molar-refractivity contribution in [3.63, 3.8) is 0 Å². The van der Waals surface area contributed by atoms with E-state index < -0.39 is 0 Å². The third-order valence-electron chi connectivity index (χ3n) is 5.67. The van der Waals surface area contributed by atoms with Crippen LogP contribution in [-0.4, -0.2) is 36.3 Å². The van der Waals surface area contributed by atoms with Gasteiger partial charge < -0.3 is 9.47 Å². The molecule has 0 fully saturated rings. The number of hydrogen-bond donors (Lipinski definition) is 0. The van der Waals surface area contributed by atoms with Crippen LogP contribution in [-0.2, 0) is 14.3 Å². The van der Waals surface area contributed by atoms with Crippen LogP contribution < -0.4 is 4.74 Å². The molecule has 0 unspecified atom stereocenters. The second-order valence-electron chi connectivity index (χ2n) is 7.77. The molecule has 31 heavy (non-hydrogen) atoms. The van der Waals surface area contributed by atoms with Gasteiger partial charge in [0.1, 0.15) is 5.75 Å². The first-order chi connectivity index (χ1) is 15.1. The molecule has 2 aliphatic rings. The summed E-state index contributed by atoms with van der Waals surface area (Å²) in [6, 6.07) is 17.2. The molecule has 4 rings (SSSR count). The first-order valence-corrected chi connectivity index (χ1v) is 10.5. The SMILES string of the molecule is COc1ccc([C@H]2CC(c3ccccc3)=NN2C(=O)COC(=O)C[C@@H]2C=CCC2)cc1. The molecule has 0 N–H and O–H groups in total. The fraction of sp³-hybridized carbons (Fsp3) is 0.320. The molecule has 1 aliphatic carbocycles. The van der Waals surface area contributed by atoms with Gasteiger partial charge in [0.2, 0.25) is 0 Å². The standard InChI is InChI=1S/C25H26N2O4/c1-30-21-13-11-20(12-14-21)23-16-22(19-9-3-2-4-10-19)26-27(23)24(28)17-31-25(29)15-18-7-5-6-8-18/h2-5,7,9-14,18,23H,6,8,15-17H2,1H3/t18-,23-/m1/s1. The molecule has 2 aromatic rings. The van der Waals surface area contributed by atoms with Crippen LogP contribution in [0.4, 0.5) is 0 Å². The number of hydrazone groups is 1. The predicted octanol–water partition coefficient (Wildman–Crippen LogP) is 4.27. The molecule has 0 spiro atoms. The zero-order chi connectivity index (χ0) is 21.6. The maximum Gasteiger partial charge on any atom is 0.306 e. The number of hydrogen-bond acceptors (Lipinski definition) is 5. The molecule has 1 aliphatic heterocycles. The van der Waals surface area contributed by atoms with Crippen LogP contribution in [0.3, 0.4) is 0 Å². The number of benzene rings is 2. The molecule has 1 heterocycles. The van der Waals surface area contributed by atoms with Gasteiger partial charge in [-0.2, -0.15) is 5.10 Å². The molecule has 1 amide bonds. The van der Waals surface area contributed by atoms with Gasteiger partial charge in [-0.1, -0.05) is 54.6 Å². The van der Waals surface area contributed by atoms with Crippen LogP contribution in [0.1, 0.15) is 42.9 Å². The maximum atomic E-state index is 13.0. The summed E-state index contributed by atoms with van der Waals surface area (Å²) >= 11 is 0. The Morgan fingerprint density at radius 2 is 1.87 bits per heavy atom. The van der Waals surface area contributed by atoms with Crippen LogP contribution in [0.15, 0.2) is 71.9 Å². The molecule has 0 radical (unpaired) electrons. The molecule has 160 valence electrons. The molecule has 6 nitrogen and oxygen atoms in total. The van der Waals surface area contributed by atoms with Crippen molar-refractivity contribution in [2.24, 2.45) is 11.0 Å². The number of nitrogens with zero attached hydrogens (tertiary/aromatic N) is 2. The number of rotatable bonds is 7. The molecule has 2 atom stereocenters. The normalized spacial score (nSPS) is 19.9. The fourth-order valence-corrected chi connectivity index (χ4v) is 3.98. The van der Waals surface area contributed by atoms with Crippen molar-refractivity contribution in [3.05, 3.63) is 77.9 Å². The summed E-state index contributed by atoms with van der Waals surface area (Å²) in [4.78, 5) is 25.1. The molecule has 2 aromatic carbocycles. The first-order valence-electron chi connectivity index (χ1n) is 10.5. The Morgan fingerprint density at radius 3 is 2.55 bits per heavy atom. The van der Waals surface area contributed by atoms with E-state index in [-0.39, 0.29) is 30.4 Å². The minimum absolute atomic E-state index is 0.212. The Balaban J connectivity index is 1.48. The summed E-state index contributed by atoms with van der Waals surface area (Å²) in [5, 5.41) is 6.06. The first kappa shape index (κ1) is 20.8. The van der Waals surface area contributed by atoms with Gasteiger partial charge in [0.15, 0.2) is 6.61 Å². The molecule has 0 bridgehead atoms. The summed E-state index contributed by atoms with van der Waals surface area (Å²) in [5.41, 5.74) is 2.75. The molecule has 0 saturated carbocycles. The second-order valence-corrected chi connectivity index (χ2v) is 7.77. The van der Waals surface area contributed by atoms with E-state index >= 15 is 0 Å². The molecule has 0 aromatic heterocycles. The lowest BCUT2D eigenvalue weighted by Crippen LogP contribution is -2.31. The molecular weight excluding hydrogens is 392 g/mol. The van der Waals surface area contributed by atoms with Crippen molar-refractivity contribution in [1.29, 1.82) is 0 Å². The Hall–Kier alpha value is -3.41. The summed E-state index contributed by atoms with van der Waals surface area (Å²) in [6.45, 7) is -0.312. The van der Waals surface area contributed by atoms with E-state index in [4.69, 9.17) is 9.47 Å². The lowest BCUT2D eigenvalue weighted by Gasteiger charge is -2.22. The van der Waals surface area contributed by atoms with Gasteiger partial charge in [0.05, 0.1) is 25.3 Å². The number of carbonyl (C=O) groups excluding carboxylic acids is 2. The van der Waals surface area contributed by atoms with Crippen molar-refractivity contribution in [2.75, 3.05) is 13.7 Å². The number of esters is 1. The smallest absolute Gasteiger partial charge is 0.306 e. The van der Waals surface area contributed by atoms with Crippen molar-refractivity contribution in [2.45, 2.75) is 31.7 Å².